The number of hydrogen-bond acceptors (Lipinski definition) is 4. The first-order valence-electron chi connectivity index (χ1n) is 12.6. The van der Waals surface area contributed by atoms with Crippen molar-refractivity contribution >= 4 is 30.0 Å². The number of rotatable bonds is 9. The van der Waals surface area contributed by atoms with E-state index in [0.717, 1.165) is 48.5 Å². The maximum absolute atomic E-state index is 12.8. The summed E-state index contributed by atoms with van der Waals surface area (Å²) < 4.78 is 0. The van der Waals surface area contributed by atoms with Crippen LogP contribution in [-0.4, -0.2) is 54.3 Å². The van der Waals surface area contributed by atoms with Crippen molar-refractivity contribution in [2.75, 3.05) is 32.7 Å². The van der Waals surface area contributed by atoms with E-state index in [4.69, 9.17) is 5.73 Å². The second-order valence-corrected chi connectivity index (χ2v) is 9.51. The minimum absolute atomic E-state index is 0.0494. The summed E-state index contributed by atoms with van der Waals surface area (Å²) >= 11 is 4.62. The summed E-state index contributed by atoms with van der Waals surface area (Å²) in [4.78, 5) is 29.7. The number of nitrogens with two attached hydrogens (primary N) is 1. The number of carbonyl (C=O) groups excluding carboxylic acids is 2. The molecule has 0 saturated carbocycles. The van der Waals surface area contributed by atoms with Crippen molar-refractivity contribution in [3.63, 3.8) is 0 Å². The van der Waals surface area contributed by atoms with Crippen LogP contribution in [0.15, 0.2) is 77.2 Å². The zero-order chi connectivity index (χ0) is 26.1. The largest absolute Gasteiger partial charge is 0.366 e. The number of allylic oxidation sites excluding steroid dienone is 3. The summed E-state index contributed by atoms with van der Waals surface area (Å²) in [5.74, 6) is -0.384. The van der Waals surface area contributed by atoms with Gasteiger partial charge < -0.3 is 10.6 Å². The molecule has 6 heteroatoms. The first-order valence-corrected chi connectivity index (χ1v) is 13.1. The Bertz CT molecular complexity index is 1130. The van der Waals surface area contributed by atoms with E-state index in [-0.39, 0.29) is 5.91 Å². The average molecular weight is 504 g/mol. The summed E-state index contributed by atoms with van der Waals surface area (Å²) in [6, 6.07) is 15.4. The molecular formula is C30H37N3O2S. The second-order valence-electron chi connectivity index (χ2n) is 8.93. The molecule has 36 heavy (non-hydrogen) atoms. The van der Waals surface area contributed by atoms with Crippen molar-refractivity contribution in [3.05, 3.63) is 99.5 Å². The van der Waals surface area contributed by atoms with Gasteiger partial charge >= 0.3 is 0 Å². The molecule has 190 valence electrons. The molecule has 1 aliphatic rings. The van der Waals surface area contributed by atoms with Crippen molar-refractivity contribution in [2.45, 2.75) is 33.6 Å². The number of primary amides is 1. The van der Waals surface area contributed by atoms with Crippen LogP contribution in [0.5, 0.6) is 0 Å². The molecule has 0 spiro atoms. The molecule has 3 rings (SSSR count). The summed E-state index contributed by atoms with van der Waals surface area (Å²) in [6.07, 6.45) is 7.95. The molecule has 1 saturated heterocycles. The highest BCUT2D eigenvalue weighted by molar-refractivity contribution is 7.84. The van der Waals surface area contributed by atoms with E-state index in [1.54, 1.807) is 12.1 Å². The van der Waals surface area contributed by atoms with Gasteiger partial charge in [0.05, 0.1) is 0 Å². The standard InChI is InChI=1S/C30H37N3O2S/c1-4-7-8-27(36)21-32-19-17-24(18-20-32)28(22-9-13-25(14-10-22)29(31)34)23-11-15-26(16-12-23)30(35)33(5-2)6-3/h4,7-16,36H,5-6,17-21H2,1-3H3,(H2,31,34)/b7-4+,27-8-. The van der Waals surface area contributed by atoms with Crippen molar-refractivity contribution in [3.8, 4) is 0 Å². The predicted molar refractivity (Wildman–Crippen MR) is 152 cm³/mol. The lowest BCUT2D eigenvalue weighted by atomic mass is 9.87. The normalized spacial score (nSPS) is 14.8. The zero-order valence-electron chi connectivity index (χ0n) is 21.5. The second kappa shape index (κ2) is 13.3. The fourth-order valence-corrected chi connectivity index (χ4v) is 4.86. The van der Waals surface area contributed by atoms with Gasteiger partial charge in [-0.15, -0.1) is 12.6 Å². The highest BCUT2D eigenvalue weighted by Gasteiger charge is 2.20. The lowest BCUT2D eigenvalue weighted by Gasteiger charge is -2.30. The maximum Gasteiger partial charge on any atom is 0.253 e. The fourth-order valence-electron chi connectivity index (χ4n) is 4.57. The Balaban J connectivity index is 1.92. The zero-order valence-corrected chi connectivity index (χ0v) is 22.4. The van der Waals surface area contributed by atoms with Crippen LogP contribution in [0.1, 0.15) is 65.5 Å². The smallest absolute Gasteiger partial charge is 0.253 e. The van der Waals surface area contributed by atoms with Crippen LogP contribution in [0.3, 0.4) is 0 Å². The highest BCUT2D eigenvalue weighted by atomic mass is 32.1. The summed E-state index contributed by atoms with van der Waals surface area (Å²) in [5, 5.41) is 0. The summed E-state index contributed by atoms with van der Waals surface area (Å²) in [6.45, 7) is 10.1. The molecule has 2 aromatic rings. The molecule has 2 N–H and O–H groups in total. The molecule has 0 unspecified atom stereocenters. The van der Waals surface area contributed by atoms with Gasteiger partial charge in [0.25, 0.3) is 5.91 Å². The Kier molecular flexibility index (Phi) is 10.1. The summed E-state index contributed by atoms with van der Waals surface area (Å²) in [7, 11) is 0. The monoisotopic (exact) mass is 503 g/mol. The SMILES string of the molecule is C/C=C/C=C(\S)CN1CCC(=C(c2ccc(C(N)=O)cc2)c2ccc(C(=O)N(CC)CC)cc2)CC1. The third kappa shape index (κ3) is 6.99. The van der Waals surface area contributed by atoms with Crippen LogP contribution < -0.4 is 5.73 Å². The maximum atomic E-state index is 12.8. The van der Waals surface area contributed by atoms with Gasteiger partial charge in [-0.2, -0.15) is 0 Å². The van der Waals surface area contributed by atoms with E-state index < -0.39 is 5.91 Å². The van der Waals surface area contributed by atoms with E-state index in [2.05, 4.69) is 17.5 Å². The van der Waals surface area contributed by atoms with Crippen LogP contribution in [-0.2, 0) is 0 Å². The van der Waals surface area contributed by atoms with Crippen LogP contribution in [0.2, 0.25) is 0 Å². The molecule has 2 aromatic carbocycles. The average Bonchev–Trinajstić information content (AvgIpc) is 2.90. The van der Waals surface area contributed by atoms with Gasteiger partial charge in [-0.05, 0) is 79.5 Å². The van der Waals surface area contributed by atoms with Gasteiger partial charge in [0.15, 0.2) is 0 Å². The lowest BCUT2D eigenvalue weighted by Crippen LogP contribution is -2.32. The van der Waals surface area contributed by atoms with Crippen molar-refractivity contribution < 1.29 is 9.59 Å². The van der Waals surface area contributed by atoms with Crippen molar-refractivity contribution in [1.82, 2.24) is 9.80 Å². The molecule has 0 aromatic heterocycles. The Hall–Kier alpha value is -3.09. The van der Waals surface area contributed by atoms with Crippen LogP contribution in [0.4, 0.5) is 0 Å². The number of piperidine rings is 1. The Morgan fingerprint density at radius 3 is 1.89 bits per heavy atom. The molecule has 1 heterocycles. The topological polar surface area (TPSA) is 66.6 Å². The van der Waals surface area contributed by atoms with E-state index in [1.165, 1.54) is 11.1 Å². The van der Waals surface area contributed by atoms with Crippen LogP contribution >= 0.6 is 12.6 Å². The molecule has 0 aliphatic carbocycles. The molecule has 5 nitrogen and oxygen atoms in total. The van der Waals surface area contributed by atoms with E-state index in [0.29, 0.717) is 24.2 Å². The Morgan fingerprint density at radius 1 is 0.917 bits per heavy atom. The van der Waals surface area contributed by atoms with E-state index in [1.807, 2.05) is 80.3 Å². The highest BCUT2D eigenvalue weighted by Crippen LogP contribution is 2.33. The van der Waals surface area contributed by atoms with Gasteiger partial charge in [-0.25, -0.2) is 0 Å². The van der Waals surface area contributed by atoms with Gasteiger partial charge in [0, 0.05) is 43.9 Å². The van der Waals surface area contributed by atoms with Crippen LogP contribution in [0, 0.1) is 0 Å². The number of amides is 2. The molecule has 2 amide bonds. The molecule has 0 atom stereocenters. The third-order valence-corrected chi connectivity index (χ3v) is 6.90. The van der Waals surface area contributed by atoms with E-state index in [9.17, 15) is 9.59 Å². The molecule has 1 aliphatic heterocycles. The number of likely N-dealkylation sites (tertiary alicyclic amines) is 1. The number of hydrogen-bond donors (Lipinski definition) is 2. The lowest BCUT2D eigenvalue weighted by molar-refractivity contribution is 0.0772. The van der Waals surface area contributed by atoms with Crippen molar-refractivity contribution in [2.24, 2.45) is 5.73 Å². The summed E-state index contributed by atoms with van der Waals surface area (Å²) in [5.41, 5.74) is 11.3. The first kappa shape index (κ1) is 27.5. The Labute approximate surface area is 220 Å². The van der Waals surface area contributed by atoms with Gasteiger partial charge in [-0.1, -0.05) is 48.1 Å². The minimum Gasteiger partial charge on any atom is -0.366 e. The van der Waals surface area contributed by atoms with Gasteiger partial charge in [0.2, 0.25) is 5.91 Å². The number of nitrogens with zero attached hydrogens (tertiary/aromatic N) is 2. The van der Waals surface area contributed by atoms with Gasteiger partial charge in [0.1, 0.15) is 0 Å². The van der Waals surface area contributed by atoms with Gasteiger partial charge in [-0.3, -0.25) is 14.5 Å². The molecular weight excluding hydrogens is 466 g/mol. The quantitative estimate of drug-likeness (QED) is 0.348. The molecule has 1 fully saturated rings. The van der Waals surface area contributed by atoms with Crippen LogP contribution in [0.25, 0.3) is 5.57 Å². The molecule has 0 bridgehead atoms. The Morgan fingerprint density at radius 2 is 1.42 bits per heavy atom. The van der Waals surface area contributed by atoms with E-state index >= 15 is 0 Å². The number of thiol groups is 1. The third-order valence-electron chi connectivity index (χ3n) is 6.61. The number of carbonyl (C=O) groups is 2. The molecule has 0 radical (unpaired) electrons. The fraction of sp³-hybridized carbons (Fsp3) is 0.333. The first-order chi connectivity index (χ1) is 17.4. The van der Waals surface area contributed by atoms with Crippen molar-refractivity contribution in [1.29, 1.82) is 0 Å². The number of benzene rings is 2. The predicted octanol–water partition coefficient (Wildman–Crippen LogP) is 5.56. The minimum atomic E-state index is -0.433.